The third-order valence-corrected chi connectivity index (χ3v) is 4.21. The Kier molecular flexibility index (Phi) is 6.47. The summed E-state index contributed by atoms with van der Waals surface area (Å²) >= 11 is 0. The van der Waals surface area contributed by atoms with Gasteiger partial charge in [0.2, 0.25) is 0 Å². The van der Waals surface area contributed by atoms with E-state index in [4.69, 9.17) is 4.74 Å². The van der Waals surface area contributed by atoms with Gasteiger partial charge < -0.3 is 15.4 Å². The number of ether oxygens (including phenoxy) is 1. The minimum Gasteiger partial charge on any atom is -0.484 e. The van der Waals surface area contributed by atoms with Crippen molar-refractivity contribution >= 4 is 17.3 Å². The number of hydrogen-bond donors (Lipinski definition) is 2. The topological polar surface area (TPSA) is 50.4 Å². The Morgan fingerprint density at radius 1 is 0.815 bits per heavy atom. The van der Waals surface area contributed by atoms with Gasteiger partial charge in [-0.3, -0.25) is 4.79 Å². The van der Waals surface area contributed by atoms with Crippen LogP contribution in [0, 0.1) is 0 Å². The minimum absolute atomic E-state index is 0.0176. The number of carbonyl (C=O) groups is 1. The Hall–Kier alpha value is -3.27. The lowest BCUT2D eigenvalue weighted by Crippen LogP contribution is -2.20. The third kappa shape index (κ3) is 5.89. The van der Waals surface area contributed by atoms with Crippen molar-refractivity contribution in [3.05, 3.63) is 90.0 Å². The number of para-hydroxylation sites is 1. The number of nitrogens with one attached hydrogen (secondary N) is 2. The van der Waals surface area contributed by atoms with Crippen LogP contribution < -0.4 is 15.4 Å². The molecule has 0 unspecified atom stereocenters. The fraction of sp³-hybridized carbons (Fsp3) is 0.174. The molecule has 2 N–H and O–H groups in total. The Morgan fingerprint density at radius 3 is 2.15 bits per heavy atom. The number of anilines is 2. The lowest BCUT2D eigenvalue weighted by molar-refractivity contribution is -0.118. The van der Waals surface area contributed by atoms with Crippen LogP contribution in [0.2, 0.25) is 0 Å². The molecule has 0 aromatic heterocycles. The van der Waals surface area contributed by atoms with Crippen LogP contribution in [0.25, 0.3) is 0 Å². The molecular weight excluding hydrogens is 336 g/mol. The SMILES string of the molecule is CCc1ccc(NCc2ccc(OCC(=O)Nc3ccccc3)cc2)cc1. The number of aryl methyl sites for hydroxylation is 1. The molecule has 4 nitrogen and oxygen atoms in total. The van der Waals surface area contributed by atoms with Gasteiger partial charge in [-0.2, -0.15) is 0 Å². The van der Waals surface area contributed by atoms with Gasteiger partial charge in [0.25, 0.3) is 5.91 Å². The molecule has 4 heteroatoms. The summed E-state index contributed by atoms with van der Waals surface area (Å²) in [5.74, 6) is 0.497. The van der Waals surface area contributed by atoms with Crippen LogP contribution in [-0.2, 0) is 17.8 Å². The number of amides is 1. The molecular formula is C23H24N2O2. The van der Waals surface area contributed by atoms with Crippen LogP contribution in [0.3, 0.4) is 0 Å². The molecule has 0 fully saturated rings. The quantitative estimate of drug-likeness (QED) is 0.602. The molecule has 0 atom stereocenters. The molecule has 0 aliphatic carbocycles. The highest BCUT2D eigenvalue weighted by Gasteiger charge is 2.03. The summed E-state index contributed by atoms with van der Waals surface area (Å²) in [7, 11) is 0. The number of rotatable bonds is 8. The van der Waals surface area contributed by atoms with Gasteiger partial charge in [-0.05, 0) is 53.9 Å². The fourth-order valence-corrected chi connectivity index (χ4v) is 2.63. The van der Waals surface area contributed by atoms with Crippen LogP contribution in [0.1, 0.15) is 18.1 Å². The van der Waals surface area contributed by atoms with Crippen LogP contribution in [0.5, 0.6) is 5.75 Å². The molecule has 0 bridgehead atoms. The fourth-order valence-electron chi connectivity index (χ4n) is 2.63. The average Bonchev–Trinajstić information content (AvgIpc) is 2.72. The molecule has 1 amide bonds. The Balaban J connectivity index is 1.44. The van der Waals surface area contributed by atoms with Gasteiger partial charge >= 0.3 is 0 Å². The molecule has 0 heterocycles. The Labute approximate surface area is 160 Å². The predicted octanol–water partition coefficient (Wildman–Crippen LogP) is 4.88. The van der Waals surface area contributed by atoms with Crippen LogP contribution in [0.15, 0.2) is 78.9 Å². The highest BCUT2D eigenvalue weighted by atomic mass is 16.5. The summed E-state index contributed by atoms with van der Waals surface area (Å²) in [6, 6.07) is 25.6. The first kappa shape index (κ1) is 18.5. The molecule has 3 rings (SSSR count). The van der Waals surface area contributed by atoms with E-state index < -0.39 is 0 Å². The Bertz CT molecular complexity index is 844. The summed E-state index contributed by atoms with van der Waals surface area (Å²) in [5.41, 5.74) is 4.35. The summed E-state index contributed by atoms with van der Waals surface area (Å²) < 4.78 is 5.55. The summed E-state index contributed by atoms with van der Waals surface area (Å²) in [6.07, 6.45) is 1.05. The smallest absolute Gasteiger partial charge is 0.262 e. The van der Waals surface area contributed by atoms with Gasteiger partial charge in [-0.1, -0.05) is 49.4 Å². The van der Waals surface area contributed by atoms with Crippen molar-refractivity contribution in [2.24, 2.45) is 0 Å². The maximum atomic E-state index is 11.9. The first-order valence-electron chi connectivity index (χ1n) is 9.12. The van der Waals surface area contributed by atoms with Gasteiger partial charge in [-0.25, -0.2) is 0 Å². The van der Waals surface area contributed by atoms with Gasteiger partial charge in [0.05, 0.1) is 0 Å². The maximum Gasteiger partial charge on any atom is 0.262 e. The van der Waals surface area contributed by atoms with Crippen LogP contribution >= 0.6 is 0 Å². The molecule has 3 aromatic rings. The van der Waals surface area contributed by atoms with Crippen molar-refractivity contribution in [3.63, 3.8) is 0 Å². The number of carbonyl (C=O) groups excluding carboxylic acids is 1. The van der Waals surface area contributed by atoms with E-state index in [2.05, 4.69) is 41.8 Å². The molecule has 0 aliphatic rings. The van der Waals surface area contributed by atoms with Gasteiger partial charge in [0.1, 0.15) is 5.75 Å². The zero-order chi connectivity index (χ0) is 18.9. The summed E-state index contributed by atoms with van der Waals surface area (Å²) in [6.45, 7) is 2.87. The van der Waals surface area contributed by atoms with E-state index in [1.54, 1.807) is 0 Å². The number of hydrogen-bond acceptors (Lipinski definition) is 3. The van der Waals surface area contributed by atoms with E-state index >= 15 is 0 Å². The monoisotopic (exact) mass is 360 g/mol. The highest BCUT2D eigenvalue weighted by molar-refractivity contribution is 5.91. The lowest BCUT2D eigenvalue weighted by Gasteiger charge is -2.10. The second-order valence-corrected chi connectivity index (χ2v) is 6.25. The van der Waals surface area contributed by atoms with Crippen LogP contribution in [0.4, 0.5) is 11.4 Å². The van der Waals surface area contributed by atoms with Crippen molar-refractivity contribution in [1.82, 2.24) is 0 Å². The predicted molar refractivity (Wildman–Crippen MR) is 110 cm³/mol. The van der Waals surface area contributed by atoms with Crippen molar-refractivity contribution in [1.29, 1.82) is 0 Å². The number of benzene rings is 3. The Morgan fingerprint density at radius 2 is 1.48 bits per heavy atom. The summed E-state index contributed by atoms with van der Waals surface area (Å²) in [5, 5.41) is 6.20. The van der Waals surface area contributed by atoms with E-state index in [1.807, 2.05) is 54.6 Å². The van der Waals surface area contributed by atoms with E-state index in [9.17, 15) is 4.79 Å². The molecule has 0 saturated heterocycles. The second kappa shape index (κ2) is 9.43. The standard InChI is InChI=1S/C23H24N2O2/c1-2-18-8-12-20(13-9-18)24-16-19-10-14-22(15-11-19)27-17-23(26)25-21-6-4-3-5-7-21/h3-15,24H,2,16-17H2,1H3,(H,25,26). The first-order chi connectivity index (χ1) is 13.2. The maximum absolute atomic E-state index is 11.9. The third-order valence-electron chi connectivity index (χ3n) is 4.21. The molecule has 27 heavy (non-hydrogen) atoms. The first-order valence-corrected chi connectivity index (χ1v) is 9.12. The van der Waals surface area contributed by atoms with Gasteiger partial charge in [0.15, 0.2) is 6.61 Å². The molecule has 138 valence electrons. The van der Waals surface area contributed by atoms with Crippen molar-refractivity contribution < 1.29 is 9.53 Å². The van der Waals surface area contributed by atoms with Gasteiger partial charge in [-0.15, -0.1) is 0 Å². The summed E-state index contributed by atoms with van der Waals surface area (Å²) in [4.78, 5) is 11.9. The molecule has 0 saturated carbocycles. The second-order valence-electron chi connectivity index (χ2n) is 6.25. The van der Waals surface area contributed by atoms with Gasteiger partial charge in [0, 0.05) is 17.9 Å². The van der Waals surface area contributed by atoms with E-state index in [-0.39, 0.29) is 12.5 Å². The lowest BCUT2D eigenvalue weighted by atomic mass is 10.1. The average molecular weight is 360 g/mol. The zero-order valence-corrected chi connectivity index (χ0v) is 15.4. The molecule has 3 aromatic carbocycles. The molecule has 0 radical (unpaired) electrons. The normalized spacial score (nSPS) is 10.3. The van der Waals surface area contributed by atoms with Crippen molar-refractivity contribution in [3.8, 4) is 5.75 Å². The van der Waals surface area contributed by atoms with Crippen molar-refractivity contribution in [2.75, 3.05) is 17.2 Å². The molecule has 0 aliphatic heterocycles. The zero-order valence-electron chi connectivity index (χ0n) is 15.4. The minimum atomic E-state index is -0.178. The molecule has 0 spiro atoms. The largest absolute Gasteiger partial charge is 0.484 e. The highest BCUT2D eigenvalue weighted by Crippen LogP contribution is 2.15. The van der Waals surface area contributed by atoms with Crippen LogP contribution in [-0.4, -0.2) is 12.5 Å². The van der Waals surface area contributed by atoms with Crippen molar-refractivity contribution in [2.45, 2.75) is 19.9 Å². The van der Waals surface area contributed by atoms with E-state index in [1.165, 1.54) is 5.56 Å². The van der Waals surface area contributed by atoms with E-state index in [0.717, 1.165) is 29.9 Å². The van der Waals surface area contributed by atoms with E-state index in [0.29, 0.717) is 5.75 Å².